The first-order valence-corrected chi connectivity index (χ1v) is 7.59. The minimum Gasteiger partial charge on any atom is -0.378 e. The van der Waals surface area contributed by atoms with E-state index >= 15 is 0 Å². The van der Waals surface area contributed by atoms with Crippen LogP contribution in [0.1, 0.15) is 19.3 Å². The Hall–Kier alpha value is -1.60. The molecule has 116 valence electrons. The molecule has 0 bridgehead atoms. The number of hydrogen-bond acceptors (Lipinski definition) is 4. The second kappa shape index (κ2) is 6.91. The van der Waals surface area contributed by atoms with Crippen molar-refractivity contribution in [1.29, 1.82) is 0 Å². The molecule has 21 heavy (non-hydrogen) atoms. The standard InChI is InChI=1S/C14H22N4O3/c19-14(17-4-7-20-8-5-17)16-12-9-15-18(10-12)11-13-3-1-2-6-21-13/h9-10,13H,1-8,11H2,(H,16,19). The fraction of sp³-hybridized carbons (Fsp3) is 0.714. The predicted octanol–water partition coefficient (Wildman–Crippen LogP) is 1.32. The Bertz CT molecular complexity index is 465. The summed E-state index contributed by atoms with van der Waals surface area (Å²) >= 11 is 0. The van der Waals surface area contributed by atoms with Gasteiger partial charge in [-0.2, -0.15) is 5.10 Å². The summed E-state index contributed by atoms with van der Waals surface area (Å²) in [6.45, 7) is 4.06. The number of carbonyl (C=O) groups is 1. The molecule has 1 aromatic rings. The van der Waals surface area contributed by atoms with Gasteiger partial charge in [-0.05, 0) is 19.3 Å². The Labute approximate surface area is 124 Å². The lowest BCUT2D eigenvalue weighted by Crippen LogP contribution is -2.43. The second-order valence-electron chi connectivity index (χ2n) is 5.47. The number of ether oxygens (including phenoxy) is 2. The van der Waals surface area contributed by atoms with Crippen LogP contribution in [0.5, 0.6) is 0 Å². The van der Waals surface area contributed by atoms with Crippen molar-refractivity contribution in [2.24, 2.45) is 0 Å². The van der Waals surface area contributed by atoms with Gasteiger partial charge in [0.25, 0.3) is 0 Å². The minimum absolute atomic E-state index is 0.0910. The number of anilines is 1. The Balaban J connectivity index is 1.50. The van der Waals surface area contributed by atoms with Gasteiger partial charge >= 0.3 is 6.03 Å². The summed E-state index contributed by atoms with van der Waals surface area (Å²) in [6, 6.07) is -0.0910. The highest BCUT2D eigenvalue weighted by Crippen LogP contribution is 2.15. The molecule has 3 heterocycles. The van der Waals surface area contributed by atoms with Gasteiger partial charge in [0.05, 0.1) is 37.7 Å². The monoisotopic (exact) mass is 294 g/mol. The summed E-state index contributed by atoms with van der Waals surface area (Å²) in [5.74, 6) is 0. The number of morpholine rings is 1. The number of hydrogen-bond donors (Lipinski definition) is 1. The van der Waals surface area contributed by atoms with Gasteiger partial charge in [-0.25, -0.2) is 4.79 Å². The van der Waals surface area contributed by atoms with Crippen LogP contribution in [-0.4, -0.2) is 59.7 Å². The molecule has 7 heteroatoms. The lowest BCUT2D eigenvalue weighted by atomic mass is 10.1. The zero-order chi connectivity index (χ0) is 14.5. The number of rotatable bonds is 3. The summed E-state index contributed by atoms with van der Waals surface area (Å²) in [5.41, 5.74) is 0.724. The molecule has 0 aliphatic carbocycles. The van der Waals surface area contributed by atoms with E-state index in [-0.39, 0.29) is 12.1 Å². The molecular weight excluding hydrogens is 272 g/mol. The van der Waals surface area contributed by atoms with Gasteiger partial charge in [-0.3, -0.25) is 4.68 Å². The smallest absolute Gasteiger partial charge is 0.322 e. The summed E-state index contributed by atoms with van der Waals surface area (Å²) in [4.78, 5) is 13.8. The van der Waals surface area contributed by atoms with Crippen LogP contribution in [0.2, 0.25) is 0 Å². The van der Waals surface area contributed by atoms with Gasteiger partial charge < -0.3 is 19.7 Å². The van der Waals surface area contributed by atoms with Gasteiger partial charge in [-0.15, -0.1) is 0 Å². The van der Waals surface area contributed by atoms with Gasteiger partial charge in [-0.1, -0.05) is 0 Å². The van der Waals surface area contributed by atoms with Crippen molar-refractivity contribution in [2.75, 3.05) is 38.2 Å². The summed E-state index contributed by atoms with van der Waals surface area (Å²) in [6.07, 6.45) is 7.22. The molecule has 0 spiro atoms. The first-order valence-electron chi connectivity index (χ1n) is 7.59. The molecule has 2 saturated heterocycles. The maximum atomic E-state index is 12.1. The molecule has 0 saturated carbocycles. The van der Waals surface area contributed by atoms with Crippen molar-refractivity contribution < 1.29 is 14.3 Å². The molecule has 3 rings (SSSR count). The SMILES string of the molecule is O=C(Nc1cnn(CC2CCCCO2)c1)N1CCOCC1. The van der Waals surface area contributed by atoms with Crippen LogP contribution in [0.25, 0.3) is 0 Å². The van der Waals surface area contributed by atoms with E-state index in [1.807, 2.05) is 10.9 Å². The number of nitrogens with one attached hydrogen (secondary N) is 1. The molecule has 2 fully saturated rings. The first kappa shape index (κ1) is 14.3. The van der Waals surface area contributed by atoms with Crippen molar-refractivity contribution >= 4 is 11.7 Å². The van der Waals surface area contributed by atoms with Crippen LogP contribution in [0.3, 0.4) is 0 Å². The van der Waals surface area contributed by atoms with E-state index in [0.29, 0.717) is 26.3 Å². The number of carbonyl (C=O) groups excluding carboxylic acids is 1. The van der Waals surface area contributed by atoms with E-state index in [1.54, 1.807) is 11.1 Å². The maximum Gasteiger partial charge on any atom is 0.322 e. The molecule has 2 aliphatic rings. The van der Waals surface area contributed by atoms with Gasteiger partial charge in [0.2, 0.25) is 0 Å². The quantitative estimate of drug-likeness (QED) is 0.913. The number of aromatic nitrogens is 2. The summed E-state index contributed by atoms with van der Waals surface area (Å²) < 4.78 is 12.8. The fourth-order valence-corrected chi connectivity index (χ4v) is 2.66. The third kappa shape index (κ3) is 3.95. The average molecular weight is 294 g/mol. The Morgan fingerprint density at radius 2 is 2.19 bits per heavy atom. The molecular formula is C14H22N4O3. The Morgan fingerprint density at radius 1 is 1.33 bits per heavy atom. The van der Waals surface area contributed by atoms with E-state index < -0.39 is 0 Å². The number of nitrogens with zero attached hydrogens (tertiary/aromatic N) is 3. The van der Waals surface area contributed by atoms with E-state index in [2.05, 4.69) is 10.4 Å². The average Bonchev–Trinajstić information content (AvgIpc) is 2.96. The van der Waals surface area contributed by atoms with E-state index in [1.165, 1.54) is 6.42 Å². The van der Waals surface area contributed by atoms with Crippen LogP contribution < -0.4 is 5.32 Å². The van der Waals surface area contributed by atoms with E-state index in [9.17, 15) is 4.79 Å². The van der Waals surface area contributed by atoms with Gasteiger partial charge in [0, 0.05) is 25.9 Å². The third-order valence-corrected chi connectivity index (χ3v) is 3.85. The van der Waals surface area contributed by atoms with Crippen molar-refractivity contribution in [1.82, 2.24) is 14.7 Å². The zero-order valence-electron chi connectivity index (χ0n) is 12.2. The van der Waals surface area contributed by atoms with E-state index in [4.69, 9.17) is 9.47 Å². The van der Waals surface area contributed by atoms with Crippen molar-refractivity contribution in [3.05, 3.63) is 12.4 Å². The summed E-state index contributed by atoms with van der Waals surface area (Å²) in [5, 5.41) is 7.16. The minimum atomic E-state index is -0.0910. The molecule has 2 amide bonds. The second-order valence-corrected chi connectivity index (χ2v) is 5.47. The van der Waals surface area contributed by atoms with Crippen LogP contribution in [0.15, 0.2) is 12.4 Å². The lowest BCUT2D eigenvalue weighted by molar-refractivity contribution is 0.00400. The number of urea groups is 1. The maximum absolute atomic E-state index is 12.1. The van der Waals surface area contributed by atoms with Crippen LogP contribution in [0, 0.1) is 0 Å². The highest BCUT2D eigenvalue weighted by atomic mass is 16.5. The molecule has 7 nitrogen and oxygen atoms in total. The fourth-order valence-electron chi connectivity index (χ4n) is 2.66. The largest absolute Gasteiger partial charge is 0.378 e. The molecule has 1 N–H and O–H groups in total. The third-order valence-electron chi connectivity index (χ3n) is 3.85. The molecule has 1 aromatic heterocycles. The van der Waals surface area contributed by atoms with Crippen molar-refractivity contribution in [3.63, 3.8) is 0 Å². The van der Waals surface area contributed by atoms with Crippen LogP contribution >= 0.6 is 0 Å². The predicted molar refractivity (Wildman–Crippen MR) is 77.2 cm³/mol. The van der Waals surface area contributed by atoms with Crippen LogP contribution in [0.4, 0.5) is 10.5 Å². The summed E-state index contributed by atoms with van der Waals surface area (Å²) in [7, 11) is 0. The van der Waals surface area contributed by atoms with Crippen molar-refractivity contribution in [3.8, 4) is 0 Å². The number of amides is 2. The van der Waals surface area contributed by atoms with Crippen LogP contribution in [-0.2, 0) is 16.0 Å². The van der Waals surface area contributed by atoms with E-state index in [0.717, 1.165) is 31.7 Å². The highest BCUT2D eigenvalue weighted by molar-refractivity contribution is 5.89. The topological polar surface area (TPSA) is 68.6 Å². The van der Waals surface area contributed by atoms with Gasteiger partial charge in [0.1, 0.15) is 0 Å². The van der Waals surface area contributed by atoms with Crippen molar-refractivity contribution in [2.45, 2.75) is 31.9 Å². The molecule has 2 aliphatic heterocycles. The zero-order valence-corrected chi connectivity index (χ0v) is 12.2. The highest BCUT2D eigenvalue weighted by Gasteiger charge is 2.18. The lowest BCUT2D eigenvalue weighted by Gasteiger charge is -2.26. The molecule has 1 unspecified atom stereocenters. The molecule has 0 aromatic carbocycles. The Morgan fingerprint density at radius 3 is 2.95 bits per heavy atom. The normalized spacial score (nSPS) is 23.0. The molecule has 1 atom stereocenters. The van der Waals surface area contributed by atoms with Gasteiger partial charge in [0.15, 0.2) is 0 Å². The Kier molecular flexibility index (Phi) is 4.72. The first-order chi connectivity index (χ1) is 10.3. The molecule has 0 radical (unpaired) electrons.